The van der Waals surface area contributed by atoms with Crippen molar-refractivity contribution < 1.29 is 9.47 Å². The summed E-state index contributed by atoms with van der Waals surface area (Å²) in [7, 11) is 0. The van der Waals surface area contributed by atoms with Gasteiger partial charge in [0.05, 0.1) is 25.1 Å². The zero-order valence-electron chi connectivity index (χ0n) is 16.9. The maximum atomic E-state index is 5.93. The molecule has 0 spiro atoms. The molecule has 1 aliphatic rings. The Morgan fingerprint density at radius 1 is 1.33 bits per heavy atom. The summed E-state index contributed by atoms with van der Waals surface area (Å²) >= 11 is 0. The lowest BCUT2D eigenvalue weighted by Crippen LogP contribution is -2.38. The van der Waals surface area contributed by atoms with E-state index in [9.17, 15) is 0 Å². The Labute approximate surface area is 163 Å². The molecule has 2 N–H and O–H groups in total. The van der Waals surface area contributed by atoms with Crippen molar-refractivity contribution in [3.63, 3.8) is 0 Å². The Kier molecular flexibility index (Phi) is 9.25. The number of hydrogen-bond donors (Lipinski definition) is 1. The quantitative estimate of drug-likeness (QED) is 0.532. The predicted octanol–water partition coefficient (Wildman–Crippen LogP) is 3.61. The second-order valence-electron chi connectivity index (χ2n) is 6.64. The first kappa shape index (κ1) is 21.4. The zero-order valence-corrected chi connectivity index (χ0v) is 16.9. The van der Waals surface area contributed by atoms with Crippen LogP contribution in [0.5, 0.6) is 0 Å². The van der Waals surface area contributed by atoms with Gasteiger partial charge in [-0.1, -0.05) is 25.1 Å². The molecular weight excluding hydrogens is 338 g/mol. The predicted molar refractivity (Wildman–Crippen MR) is 113 cm³/mol. The van der Waals surface area contributed by atoms with Gasteiger partial charge in [0.1, 0.15) is 12.4 Å². The lowest BCUT2D eigenvalue weighted by Gasteiger charge is -2.26. The molecule has 5 nitrogen and oxygen atoms in total. The van der Waals surface area contributed by atoms with Gasteiger partial charge in [-0.05, 0) is 43.5 Å². The van der Waals surface area contributed by atoms with Crippen LogP contribution < -0.4 is 5.73 Å². The van der Waals surface area contributed by atoms with Crippen LogP contribution in [0.1, 0.15) is 38.3 Å². The molecule has 0 aromatic heterocycles. The maximum absolute atomic E-state index is 5.93. The number of hydrogen-bond acceptors (Lipinski definition) is 5. The van der Waals surface area contributed by atoms with Crippen molar-refractivity contribution >= 4 is 11.9 Å². The van der Waals surface area contributed by atoms with E-state index in [1.165, 1.54) is 5.57 Å². The molecule has 148 valence electrons. The topological polar surface area (TPSA) is 60.1 Å². The third-order valence-corrected chi connectivity index (χ3v) is 4.76. The van der Waals surface area contributed by atoms with Gasteiger partial charge in [-0.15, -0.1) is 0 Å². The summed E-state index contributed by atoms with van der Waals surface area (Å²) in [6, 6.07) is 8.27. The summed E-state index contributed by atoms with van der Waals surface area (Å²) < 4.78 is 11.3. The smallest absolute Gasteiger partial charge is 0.133 e. The minimum absolute atomic E-state index is 0.529. The fourth-order valence-electron chi connectivity index (χ4n) is 2.88. The molecule has 1 aliphatic heterocycles. The van der Waals surface area contributed by atoms with Crippen LogP contribution in [0.3, 0.4) is 0 Å². The van der Waals surface area contributed by atoms with E-state index >= 15 is 0 Å². The number of morpholine rings is 1. The van der Waals surface area contributed by atoms with Crippen LogP contribution in [-0.4, -0.2) is 50.6 Å². The first-order valence-corrected chi connectivity index (χ1v) is 9.80. The highest BCUT2D eigenvalue weighted by atomic mass is 16.5. The highest BCUT2D eigenvalue weighted by Crippen LogP contribution is 2.23. The molecule has 0 amide bonds. The molecule has 1 saturated heterocycles. The molecule has 0 unspecified atom stereocenters. The lowest BCUT2D eigenvalue weighted by molar-refractivity contribution is 0.0285. The summed E-state index contributed by atoms with van der Waals surface area (Å²) in [4.78, 5) is 7.12. The number of allylic oxidation sites excluding steroid dienone is 3. The SMILES string of the molecule is C\C=C(/C=N/C(=C(\C)CC)c1cccc(CN)c1)OCCN1CCOCC1. The van der Waals surface area contributed by atoms with Crippen LogP contribution in [0.15, 0.2) is 46.7 Å². The monoisotopic (exact) mass is 371 g/mol. The third kappa shape index (κ3) is 6.94. The highest BCUT2D eigenvalue weighted by Gasteiger charge is 2.10. The molecule has 1 heterocycles. The second kappa shape index (κ2) is 11.7. The molecule has 1 aromatic carbocycles. The van der Waals surface area contributed by atoms with Crippen molar-refractivity contribution in [1.82, 2.24) is 4.90 Å². The van der Waals surface area contributed by atoms with Crippen LogP contribution in [0.25, 0.3) is 5.70 Å². The Balaban J connectivity index is 2.02. The standard InChI is InChI=1S/C22H33N3O2/c1-4-18(3)22(20-8-6-7-19(15-20)16-23)24-17-21(5-2)27-14-11-25-9-12-26-13-10-25/h5-8,15,17H,4,9-14,16,23H2,1-3H3/b21-5+,22-18+,24-17+. The Morgan fingerprint density at radius 2 is 2.11 bits per heavy atom. The van der Waals surface area contributed by atoms with Crippen molar-refractivity contribution in [1.29, 1.82) is 0 Å². The molecule has 5 heteroatoms. The van der Waals surface area contributed by atoms with Gasteiger partial charge in [0.15, 0.2) is 0 Å². The van der Waals surface area contributed by atoms with E-state index < -0.39 is 0 Å². The zero-order chi connectivity index (χ0) is 19.5. The van der Waals surface area contributed by atoms with Crippen LogP contribution in [0.2, 0.25) is 0 Å². The van der Waals surface area contributed by atoms with Crippen LogP contribution in [-0.2, 0) is 16.0 Å². The van der Waals surface area contributed by atoms with E-state index in [0.29, 0.717) is 13.2 Å². The third-order valence-electron chi connectivity index (χ3n) is 4.76. The van der Waals surface area contributed by atoms with E-state index in [-0.39, 0.29) is 0 Å². The fraction of sp³-hybridized carbons (Fsp3) is 0.500. The molecule has 1 aromatic rings. The normalized spacial score (nSPS) is 17.3. The molecule has 0 radical (unpaired) electrons. The number of aliphatic imine (C=N–C) groups is 1. The summed E-state index contributed by atoms with van der Waals surface area (Å²) in [6.07, 6.45) is 4.73. The van der Waals surface area contributed by atoms with Gasteiger partial charge in [-0.3, -0.25) is 9.89 Å². The van der Waals surface area contributed by atoms with Gasteiger partial charge in [-0.25, -0.2) is 0 Å². The van der Waals surface area contributed by atoms with Gasteiger partial charge in [0.25, 0.3) is 0 Å². The van der Waals surface area contributed by atoms with Crippen LogP contribution in [0.4, 0.5) is 0 Å². The van der Waals surface area contributed by atoms with E-state index in [1.54, 1.807) is 0 Å². The van der Waals surface area contributed by atoms with Gasteiger partial charge in [-0.2, -0.15) is 0 Å². The summed E-state index contributed by atoms with van der Waals surface area (Å²) in [5.74, 6) is 0.791. The van der Waals surface area contributed by atoms with E-state index in [2.05, 4.69) is 30.9 Å². The maximum Gasteiger partial charge on any atom is 0.133 e. The average molecular weight is 372 g/mol. The second-order valence-corrected chi connectivity index (χ2v) is 6.64. The Morgan fingerprint density at radius 3 is 2.78 bits per heavy atom. The first-order valence-electron chi connectivity index (χ1n) is 9.80. The van der Waals surface area contributed by atoms with Crippen molar-refractivity contribution in [3.05, 3.63) is 52.8 Å². The first-order chi connectivity index (χ1) is 13.2. The van der Waals surface area contributed by atoms with Crippen molar-refractivity contribution in [3.8, 4) is 0 Å². The molecule has 27 heavy (non-hydrogen) atoms. The average Bonchev–Trinajstić information content (AvgIpc) is 2.73. The van der Waals surface area contributed by atoms with Crippen molar-refractivity contribution in [2.24, 2.45) is 10.7 Å². The van der Waals surface area contributed by atoms with Gasteiger partial charge >= 0.3 is 0 Å². The molecular formula is C22H33N3O2. The Hall–Kier alpha value is -1.95. The number of nitrogens with zero attached hydrogens (tertiary/aromatic N) is 2. The fourth-order valence-corrected chi connectivity index (χ4v) is 2.88. The molecule has 2 rings (SSSR count). The summed E-state index contributed by atoms with van der Waals surface area (Å²) in [5.41, 5.74) is 10.2. The van der Waals surface area contributed by atoms with Gasteiger partial charge in [0.2, 0.25) is 0 Å². The van der Waals surface area contributed by atoms with E-state index in [1.807, 2.05) is 31.3 Å². The summed E-state index contributed by atoms with van der Waals surface area (Å²) in [6.45, 7) is 11.9. The molecule has 1 fully saturated rings. The minimum atomic E-state index is 0.529. The Bertz CT molecular complexity index is 674. The molecule has 0 atom stereocenters. The molecule has 0 bridgehead atoms. The lowest BCUT2D eigenvalue weighted by atomic mass is 10.0. The number of rotatable bonds is 9. The van der Waals surface area contributed by atoms with Gasteiger partial charge in [0, 0.05) is 31.7 Å². The number of benzene rings is 1. The highest BCUT2D eigenvalue weighted by molar-refractivity contribution is 5.83. The number of ether oxygens (including phenoxy) is 2. The van der Waals surface area contributed by atoms with E-state index in [0.717, 1.165) is 61.9 Å². The summed E-state index contributed by atoms with van der Waals surface area (Å²) in [5, 5.41) is 0. The van der Waals surface area contributed by atoms with Gasteiger partial charge < -0.3 is 15.2 Å². The minimum Gasteiger partial charge on any atom is -0.491 e. The molecule has 0 saturated carbocycles. The van der Waals surface area contributed by atoms with Crippen molar-refractivity contribution in [2.75, 3.05) is 39.5 Å². The van der Waals surface area contributed by atoms with Crippen molar-refractivity contribution in [2.45, 2.75) is 33.7 Å². The largest absolute Gasteiger partial charge is 0.491 e. The van der Waals surface area contributed by atoms with E-state index in [4.69, 9.17) is 20.2 Å². The molecule has 0 aliphatic carbocycles. The van der Waals surface area contributed by atoms with Crippen LogP contribution in [0, 0.1) is 0 Å². The van der Waals surface area contributed by atoms with Crippen LogP contribution >= 0.6 is 0 Å². The number of nitrogens with two attached hydrogens (primary N) is 1.